The minimum absolute atomic E-state index is 0.0460. The summed E-state index contributed by atoms with van der Waals surface area (Å²) in [6.45, 7) is 16.1. The van der Waals surface area contributed by atoms with Crippen molar-refractivity contribution in [1.82, 2.24) is 25.0 Å². The van der Waals surface area contributed by atoms with Gasteiger partial charge in [0.25, 0.3) is 17.4 Å². The Labute approximate surface area is 287 Å². The van der Waals surface area contributed by atoms with E-state index in [0.717, 1.165) is 53.1 Å². The number of likely N-dealkylation sites (tertiary alicyclic amines) is 1. The topological polar surface area (TPSA) is 109 Å². The quantitative estimate of drug-likeness (QED) is 0.323. The first-order valence-electron chi connectivity index (χ1n) is 16.5. The van der Waals surface area contributed by atoms with E-state index in [2.05, 4.69) is 39.7 Å². The van der Waals surface area contributed by atoms with Gasteiger partial charge < -0.3 is 29.9 Å². The first-order valence-corrected chi connectivity index (χ1v) is 16.9. The van der Waals surface area contributed by atoms with Crippen molar-refractivity contribution in [2.45, 2.75) is 46.7 Å². The molecule has 0 radical (unpaired) electrons. The number of aromatic nitrogens is 1. The van der Waals surface area contributed by atoms with Gasteiger partial charge in [-0.25, -0.2) is 0 Å². The van der Waals surface area contributed by atoms with E-state index in [4.69, 9.17) is 11.6 Å². The number of hydrogen-bond donors (Lipinski definition) is 2. The fourth-order valence-electron chi connectivity index (χ4n) is 6.76. The lowest BCUT2D eigenvalue weighted by Crippen LogP contribution is -2.47. The number of nitrogens with one attached hydrogen (secondary N) is 2. The average Bonchev–Trinajstić information content (AvgIpc) is 3.55. The maximum Gasteiger partial charge on any atom is 0.255 e. The second-order valence-corrected chi connectivity index (χ2v) is 13.2. The number of halogens is 1. The van der Waals surface area contributed by atoms with Crippen LogP contribution in [0.4, 0.5) is 5.69 Å². The van der Waals surface area contributed by atoms with Gasteiger partial charge in [-0.15, -0.1) is 0 Å². The summed E-state index contributed by atoms with van der Waals surface area (Å²) in [4.78, 5) is 63.2. The van der Waals surface area contributed by atoms with Crippen LogP contribution < -0.4 is 15.8 Å². The monoisotopic (exact) mass is 672 g/mol. The van der Waals surface area contributed by atoms with Gasteiger partial charge in [-0.3, -0.25) is 19.2 Å². The molecule has 11 heteroatoms. The molecule has 0 spiro atoms. The first kappa shape index (κ1) is 34.9. The van der Waals surface area contributed by atoms with Crippen molar-refractivity contribution in [2.75, 3.05) is 57.8 Å². The highest BCUT2D eigenvalue weighted by molar-refractivity contribution is 6.34. The van der Waals surface area contributed by atoms with Gasteiger partial charge in [-0.1, -0.05) is 24.2 Å². The van der Waals surface area contributed by atoms with Crippen molar-refractivity contribution >= 4 is 35.0 Å². The molecule has 2 fully saturated rings. The van der Waals surface area contributed by atoms with Crippen molar-refractivity contribution < 1.29 is 14.4 Å². The molecule has 3 aromatic rings. The molecule has 1 atom stereocenters. The summed E-state index contributed by atoms with van der Waals surface area (Å²) in [5.74, 6) is -0.502. The summed E-state index contributed by atoms with van der Waals surface area (Å²) in [6, 6.07) is 11.2. The number of hydrogen-bond acceptors (Lipinski definition) is 6. The van der Waals surface area contributed by atoms with Crippen LogP contribution in [0.3, 0.4) is 0 Å². The van der Waals surface area contributed by atoms with E-state index in [-0.39, 0.29) is 35.9 Å². The fraction of sp³-hybridized carbons (Fsp3) is 0.405. The molecule has 5 rings (SSSR count). The summed E-state index contributed by atoms with van der Waals surface area (Å²) < 4.78 is 0. The second-order valence-electron chi connectivity index (χ2n) is 12.8. The lowest BCUT2D eigenvalue weighted by Gasteiger charge is -2.33. The van der Waals surface area contributed by atoms with Crippen LogP contribution in [0.1, 0.15) is 56.4 Å². The Morgan fingerprint density at radius 1 is 1.00 bits per heavy atom. The molecule has 0 bridgehead atoms. The number of rotatable bonds is 9. The second kappa shape index (κ2) is 14.8. The molecule has 1 aromatic heterocycles. The first-order chi connectivity index (χ1) is 22.9. The van der Waals surface area contributed by atoms with Crippen molar-refractivity contribution in [2.24, 2.45) is 0 Å². The molecule has 1 unspecified atom stereocenters. The smallest absolute Gasteiger partial charge is 0.255 e. The molecule has 0 aliphatic carbocycles. The average molecular weight is 673 g/mol. The van der Waals surface area contributed by atoms with Crippen LogP contribution >= 0.6 is 11.6 Å². The standard InChI is InChI=1S/C37H45ClN6O4/c1-7-34(45)43-12-11-28(22-43)44(8-2)33-20-27(26-9-10-29(32(38)19-26)37(48)42-15-13-41(6)14-16-42)18-30(25(33)5)35(46)39-21-31-23(3)17-24(4)40-36(31)47/h7,9-10,17-20,28H,1,8,11-16,21-22H2,2-6H3,(H,39,46)(H,40,47). The number of likely N-dealkylation sites (N-methyl/N-ethyl adjacent to an activating group) is 2. The Morgan fingerprint density at radius 2 is 1.73 bits per heavy atom. The molecule has 254 valence electrons. The third-order valence-electron chi connectivity index (χ3n) is 9.61. The summed E-state index contributed by atoms with van der Waals surface area (Å²) >= 11 is 6.78. The van der Waals surface area contributed by atoms with Crippen LogP contribution in [0.2, 0.25) is 5.02 Å². The van der Waals surface area contributed by atoms with Gasteiger partial charge in [0.2, 0.25) is 5.91 Å². The van der Waals surface area contributed by atoms with E-state index in [1.165, 1.54) is 6.08 Å². The zero-order valence-corrected chi connectivity index (χ0v) is 29.2. The number of piperazine rings is 1. The number of anilines is 1. The van der Waals surface area contributed by atoms with E-state index in [0.29, 0.717) is 54.4 Å². The Kier molecular flexibility index (Phi) is 10.8. The lowest BCUT2D eigenvalue weighted by molar-refractivity contribution is -0.125. The van der Waals surface area contributed by atoms with Crippen molar-refractivity contribution in [1.29, 1.82) is 0 Å². The van der Waals surface area contributed by atoms with E-state index >= 15 is 0 Å². The third kappa shape index (κ3) is 7.34. The normalized spacial score (nSPS) is 16.6. The van der Waals surface area contributed by atoms with Crippen LogP contribution in [0.25, 0.3) is 11.1 Å². The van der Waals surface area contributed by atoms with Crippen molar-refractivity contribution in [3.63, 3.8) is 0 Å². The SMILES string of the molecule is C=CC(=O)N1CCC(N(CC)c2cc(-c3ccc(C(=O)N4CCN(C)CC4)c(Cl)c3)cc(C(=O)NCc3c(C)cc(C)[nH]c3=O)c2C)C1. The minimum Gasteiger partial charge on any atom is -0.367 e. The van der Waals surface area contributed by atoms with E-state index in [1.807, 2.05) is 50.9 Å². The van der Waals surface area contributed by atoms with Crippen molar-refractivity contribution in [3.05, 3.63) is 97.9 Å². The number of carbonyl (C=O) groups excluding carboxylic acids is 3. The molecule has 0 saturated carbocycles. The van der Waals surface area contributed by atoms with Gasteiger partial charge in [-0.05, 0) is 99.8 Å². The van der Waals surface area contributed by atoms with Gasteiger partial charge in [0.1, 0.15) is 0 Å². The summed E-state index contributed by atoms with van der Waals surface area (Å²) in [7, 11) is 2.04. The van der Waals surface area contributed by atoms with Crippen LogP contribution in [-0.4, -0.2) is 96.3 Å². The molecule has 3 heterocycles. The Morgan fingerprint density at radius 3 is 2.38 bits per heavy atom. The van der Waals surface area contributed by atoms with Crippen LogP contribution in [0.15, 0.2) is 53.8 Å². The number of amides is 3. The molecular weight excluding hydrogens is 628 g/mol. The molecule has 3 amide bonds. The van der Waals surface area contributed by atoms with E-state index < -0.39 is 0 Å². The van der Waals surface area contributed by atoms with E-state index in [1.54, 1.807) is 17.0 Å². The third-order valence-corrected chi connectivity index (χ3v) is 9.92. The Bertz CT molecular complexity index is 1790. The van der Waals surface area contributed by atoms with Gasteiger partial charge in [0.05, 0.1) is 10.6 Å². The highest BCUT2D eigenvalue weighted by Gasteiger charge is 2.31. The Hall–Kier alpha value is -4.41. The van der Waals surface area contributed by atoms with Crippen molar-refractivity contribution in [3.8, 4) is 11.1 Å². The number of aromatic amines is 1. The molecule has 2 N–H and O–H groups in total. The number of carbonyl (C=O) groups is 3. The van der Waals surface area contributed by atoms with Gasteiger partial charge >= 0.3 is 0 Å². The predicted octanol–water partition coefficient (Wildman–Crippen LogP) is 4.55. The zero-order valence-electron chi connectivity index (χ0n) is 28.5. The number of aryl methyl sites for hydroxylation is 2. The molecule has 2 aliphatic heterocycles. The summed E-state index contributed by atoms with van der Waals surface area (Å²) in [5.41, 5.74) is 5.94. The van der Waals surface area contributed by atoms with Gasteiger partial charge in [-0.2, -0.15) is 0 Å². The number of pyridine rings is 1. The van der Waals surface area contributed by atoms with Crippen LogP contribution in [0.5, 0.6) is 0 Å². The predicted molar refractivity (Wildman–Crippen MR) is 191 cm³/mol. The molecule has 2 aliphatic rings. The Balaban J connectivity index is 1.51. The number of nitrogens with zero attached hydrogens (tertiary/aromatic N) is 4. The number of benzene rings is 2. The maximum absolute atomic E-state index is 13.9. The number of H-pyrrole nitrogens is 1. The molecular formula is C37H45ClN6O4. The van der Waals surface area contributed by atoms with Crippen LogP contribution in [-0.2, 0) is 11.3 Å². The van der Waals surface area contributed by atoms with Crippen LogP contribution in [0, 0.1) is 20.8 Å². The molecule has 2 saturated heterocycles. The van der Waals surface area contributed by atoms with Gasteiger partial charge in [0, 0.05) is 80.9 Å². The molecule has 48 heavy (non-hydrogen) atoms. The minimum atomic E-state index is -0.311. The molecule has 10 nitrogen and oxygen atoms in total. The summed E-state index contributed by atoms with van der Waals surface area (Å²) in [6.07, 6.45) is 2.12. The summed E-state index contributed by atoms with van der Waals surface area (Å²) in [5, 5.41) is 3.32. The largest absolute Gasteiger partial charge is 0.367 e. The highest BCUT2D eigenvalue weighted by atomic mass is 35.5. The molecule has 2 aromatic carbocycles. The van der Waals surface area contributed by atoms with E-state index in [9.17, 15) is 19.2 Å². The maximum atomic E-state index is 13.9. The van der Waals surface area contributed by atoms with Gasteiger partial charge in [0.15, 0.2) is 0 Å². The fourth-order valence-corrected chi connectivity index (χ4v) is 7.03. The highest BCUT2D eigenvalue weighted by Crippen LogP contribution is 2.35. The lowest BCUT2D eigenvalue weighted by atomic mass is 9.95. The zero-order chi connectivity index (χ0) is 34.7.